The maximum Gasteiger partial charge on any atom is 0.270 e. The molecule has 0 amide bonds. The number of hydrogen-bond donors (Lipinski definition) is 0. The highest BCUT2D eigenvalue weighted by Crippen LogP contribution is 2.20. The third-order valence-electron chi connectivity index (χ3n) is 5.07. The lowest BCUT2D eigenvalue weighted by Crippen LogP contribution is -2.43. The molecule has 1 fully saturated rings. The third kappa shape index (κ3) is 4.18. The molecule has 0 saturated carbocycles. The van der Waals surface area contributed by atoms with E-state index in [0.29, 0.717) is 0 Å². The molecule has 1 aliphatic heterocycles. The Bertz CT molecular complexity index is 1000. The molecule has 28 heavy (non-hydrogen) atoms. The molecule has 0 unspecified atom stereocenters. The lowest BCUT2D eigenvalue weighted by molar-refractivity contribution is -0.384. The molecule has 0 bridgehead atoms. The molecule has 6 heteroatoms. The van der Waals surface area contributed by atoms with Crippen LogP contribution >= 0.6 is 0 Å². The molecule has 142 valence electrons. The van der Waals surface area contributed by atoms with E-state index in [1.54, 1.807) is 18.3 Å². The number of benzene rings is 3. The first-order valence-corrected chi connectivity index (χ1v) is 9.41. The van der Waals surface area contributed by atoms with Gasteiger partial charge in [0.1, 0.15) is 0 Å². The Morgan fingerprint density at radius 2 is 1.71 bits per heavy atom. The number of nitro benzene ring substituents is 1. The smallest absolute Gasteiger partial charge is 0.270 e. The number of fused-ring (bicyclic) bond motifs is 1. The van der Waals surface area contributed by atoms with Crippen molar-refractivity contribution in [2.75, 3.05) is 26.2 Å². The minimum absolute atomic E-state index is 0.0869. The molecule has 1 heterocycles. The quantitative estimate of drug-likeness (QED) is 0.386. The highest BCUT2D eigenvalue weighted by atomic mass is 16.6. The molecule has 1 aliphatic rings. The van der Waals surface area contributed by atoms with E-state index in [0.717, 1.165) is 38.3 Å². The van der Waals surface area contributed by atoms with Crippen LogP contribution in [0.25, 0.3) is 10.8 Å². The van der Waals surface area contributed by atoms with Gasteiger partial charge >= 0.3 is 0 Å². The lowest BCUT2D eigenvalue weighted by Gasteiger charge is -2.33. The zero-order chi connectivity index (χ0) is 19.3. The van der Waals surface area contributed by atoms with Crippen molar-refractivity contribution in [2.24, 2.45) is 5.10 Å². The SMILES string of the molecule is O=[N+]([O-])c1cccc(C=NN2CCN(Cc3cccc4ccccc34)CC2)c1. The summed E-state index contributed by atoms with van der Waals surface area (Å²) in [5.74, 6) is 0. The fourth-order valence-electron chi connectivity index (χ4n) is 3.55. The first kappa shape index (κ1) is 18.1. The number of nitrogens with zero attached hydrogens (tertiary/aromatic N) is 4. The monoisotopic (exact) mass is 374 g/mol. The van der Waals surface area contributed by atoms with Crippen LogP contribution < -0.4 is 0 Å². The van der Waals surface area contributed by atoms with Gasteiger partial charge in [0.2, 0.25) is 0 Å². The second-order valence-corrected chi connectivity index (χ2v) is 6.96. The van der Waals surface area contributed by atoms with Crippen molar-refractivity contribution in [3.05, 3.63) is 88.0 Å². The average molecular weight is 374 g/mol. The fourth-order valence-corrected chi connectivity index (χ4v) is 3.55. The van der Waals surface area contributed by atoms with Crippen molar-refractivity contribution in [1.29, 1.82) is 0 Å². The van der Waals surface area contributed by atoms with Crippen LogP contribution in [-0.4, -0.2) is 47.2 Å². The Labute approximate surface area is 163 Å². The van der Waals surface area contributed by atoms with E-state index in [9.17, 15) is 10.1 Å². The van der Waals surface area contributed by atoms with E-state index in [-0.39, 0.29) is 10.6 Å². The van der Waals surface area contributed by atoms with Crippen molar-refractivity contribution in [3.63, 3.8) is 0 Å². The van der Waals surface area contributed by atoms with Crippen molar-refractivity contribution in [2.45, 2.75) is 6.54 Å². The predicted molar refractivity (Wildman–Crippen MR) is 111 cm³/mol. The largest absolute Gasteiger partial charge is 0.295 e. The topological polar surface area (TPSA) is 62.0 Å². The van der Waals surface area contributed by atoms with Crippen molar-refractivity contribution in [1.82, 2.24) is 9.91 Å². The molecule has 0 atom stereocenters. The van der Waals surface area contributed by atoms with Gasteiger partial charge in [-0.1, -0.05) is 54.6 Å². The van der Waals surface area contributed by atoms with Crippen LogP contribution in [0.1, 0.15) is 11.1 Å². The maximum atomic E-state index is 10.9. The first-order chi connectivity index (χ1) is 13.7. The van der Waals surface area contributed by atoms with Crippen LogP contribution in [0.2, 0.25) is 0 Å². The summed E-state index contributed by atoms with van der Waals surface area (Å²) < 4.78 is 0. The number of non-ortho nitro benzene ring substituents is 1. The summed E-state index contributed by atoms with van der Waals surface area (Å²) in [6.45, 7) is 4.50. The first-order valence-electron chi connectivity index (χ1n) is 9.41. The highest BCUT2D eigenvalue weighted by Gasteiger charge is 2.16. The molecular formula is C22H22N4O2. The van der Waals surface area contributed by atoms with Crippen molar-refractivity contribution >= 4 is 22.7 Å². The van der Waals surface area contributed by atoms with Gasteiger partial charge in [-0.05, 0) is 16.3 Å². The fraction of sp³-hybridized carbons (Fsp3) is 0.227. The van der Waals surface area contributed by atoms with Gasteiger partial charge in [0.25, 0.3) is 5.69 Å². The molecule has 0 spiro atoms. The zero-order valence-corrected chi connectivity index (χ0v) is 15.6. The molecular weight excluding hydrogens is 352 g/mol. The van der Waals surface area contributed by atoms with Crippen LogP contribution in [-0.2, 0) is 6.54 Å². The highest BCUT2D eigenvalue weighted by molar-refractivity contribution is 5.85. The Balaban J connectivity index is 1.36. The van der Waals surface area contributed by atoms with Crippen molar-refractivity contribution in [3.8, 4) is 0 Å². The number of nitro groups is 1. The summed E-state index contributed by atoms with van der Waals surface area (Å²) in [5.41, 5.74) is 2.18. The van der Waals surface area contributed by atoms with Gasteiger partial charge in [0.05, 0.1) is 11.1 Å². The number of hydrogen-bond acceptors (Lipinski definition) is 5. The van der Waals surface area contributed by atoms with Crippen LogP contribution in [0.5, 0.6) is 0 Å². The van der Waals surface area contributed by atoms with Gasteiger partial charge in [-0.25, -0.2) is 0 Å². The number of hydrazone groups is 1. The normalized spacial score (nSPS) is 15.4. The Kier molecular flexibility index (Phi) is 5.30. The standard InChI is InChI=1S/C22H22N4O2/c27-26(28)21-9-3-5-18(15-21)16-23-25-13-11-24(12-14-25)17-20-8-4-7-19-6-1-2-10-22(19)20/h1-10,15-16H,11-14,17H2. The van der Waals surface area contributed by atoms with E-state index in [4.69, 9.17) is 0 Å². The molecule has 3 aromatic carbocycles. The van der Waals surface area contributed by atoms with E-state index >= 15 is 0 Å². The lowest BCUT2D eigenvalue weighted by atomic mass is 10.0. The van der Waals surface area contributed by atoms with E-state index < -0.39 is 0 Å². The van der Waals surface area contributed by atoms with Gasteiger partial charge < -0.3 is 0 Å². The summed E-state index contributed by atoms with van der Waals surface area (Å²) in [4.78, 5) is 12.9. The summed E-state index contributed by atoms with van der Waals surface area (Å²) in [6, 6.07) is 21.5. The van der Waals surface area contributed by atoms with Gasteiger partial charge in [-0.3, -0.25) is 20.0 Å². The van der Waals surface area contributed by atoms with Crippen LogP contribution in [0.15, 0.2) is 71.8 Å². The molecule has 0 N–H and O–H groups in total. The maximum absolute atomic E-state index is 10.9. The molecule has 1 saturated heterocycles. The van der Waals surface area contributed by atoms with E-state index in [1.807, 2.05) is 11.1 Å². The van der Waals surface area contributed by atoms with Crippen LogP contribution in [0, 0.1) is 10.1 Å². The molecule has 0 aromatic heterocycles. The minimum Gasteiger partial charge on any atom is -0.295 e. The second-order valence-electron chi connectivity index (χ2n) is 6.96. The summed E-state index contributed by atoms with van der Waals surface area (Å²) >= 11 is 0. The number of rotatable bonds is 5. The molecule has 3 aromatic rings. The summed E-state index contributed by atoms with van der Waals surface area (Å²) in [6.07, 6.45) is 1.70. The van der Waals surface area contributed by atoms with E-state index in [1.165, 1.54) is 22.4 Å². The molecule has 4 rings (SSSR count). The van der Waals surface area contributed by atoms with Gasteiger partial charge in [-0.2, -0.15) is 5.10 Å². The Morgan fingerprint density at radius 1 is 0.964 bits per heavy atom. The summed E-state index contributed by atoms with van der Waals surface area (Å²) in [7, 11) is 0. The van der Waals surface area contributed by atoms with Gasteiger partial charge in [-0.15, -0.1) is 0 Å². The van der Waals surface area contributed by atoms with Crippen LogP contribution in [0.4, 0.5) is 5.69 Å². The third-order valence-corrected chi connectivity index (χ3v) is 5.07. The zero-order valence-electron chi connectivity index (χ0n) is 15.6. The predicted octanol–water partition coefficient (Wildman–Crippen LogP) is 3.90. The molecule has 0 aliphatic carbocycles. The average Bonchev–Trinajstić information content (AvgIpc) is 2.74. The summed E-state index contributed by atoms with van der Waals surface area (Å²) in [5, 5.41) is 20.0. The number of piperazine rings is 1. The Hall–Kier alpha value is -3.25. The van der Waals surface area contributed by atoms with Crippen molar-refractivity contribution < 1.29 is 4.92 Å². The second kappa shape index (κ2) is 8.19. The van der Waals surface area contributed by atoms with Gasteiger partial charge in [0.15, 0.2) is 0 Å². The minimum atomic E-state index is -0.386. The Morgan fingerprint density at radius 3 is 2.54 bits per heavy atom. The van der Waals surface area contributed by atoms with Crippen LogP contribution in [0.3, 0.4) is 0 Å². The van der Waals surface area contributed by atoms with E-state index in [2.05, 4.69) is 52.5 Å². The van der Waals surface area contributed by atoms with Gasteiger partial charge in [0, 0.05) is 50.4 Å². The molecule has 6 nitrogen and oxygen atoms in total. The molecule has 0 radical (unpaired) electrons.